The molecule has 0 aliphatic carbocycles. The van der Waals surface area contributed by atoms with Gasteiger partial charge in [-0.05, 0) is 36.8 Å². The van der Waals surface area contributed by atoms with Crippen LogP contribution in [0.3, 0.4) is 0 Å². The van der Waals surface area contributed by atoms with Gasteiger partial charge in [0.1, 0.15) is 29.5 Å². The zero-order valence-corrected chi connectivity index (χ0v) is 14.7. The molecule has 0 N–H and O–H groups in total. The Morgan fingerprint density at radius 3 is 2.50 bits per heavy atom. The third kappa shape index (κ3) is 4.66. The van der Waals surface area contributed by atoms with Gasteiger partial charge in [-0.1, -0.05) is 24.6 Å². The summed E-state index contributed by atoms with van der Waals surface area (Å²) in [6.07, 6.45) is -4.68. The molecule has 8 heteroatoms. The van der Waals surface area contributed by atoms with Crippen LogP contribution in [0.2, 0.25) is 5.02 Å². The van der Waals surface area contributed by atoms with E-state index < -0.39 is 29.3 Å². The summed E-state index contributed by atoms with van der Waals surface area (Å²) < 4.78 is 63.3. The fourth-order valence-electron chi connectivity index (χ4n) is 2.12. The normalized spacial score (nSPS) is 11.3. The van der Waals surface area contributed by atoms with Crippen molar-refractivity contribution in [1.29, 1.82) is 0 Å². The predicted octanol–water partition coefficient (Wildman–Crippen LogP) is 5.70. The number of hydrogen-bond acceptors (Lipinski definition) is 3. The Bertz CT molecular complexity index is 819. The summed E-state index contributed by atoms with van der Waals surface area (Å²) in [5, 5.41) is 0.166. The van der Waals surface area contributed by atoms with Crippen LogP contribution in [0.1, 0.15) is 30.0 Å². The lowest BCUT2D eigenvalue weighted by atomic mass is 10.1. The largest absolute Gasteiger partial charge is 0.488 e. The van der Waals surface area contributed by atoms with Gasteiger partial charge in [-0.15, -0.1) is 0 Å². The van der Waals surface area contributed by atoms with Gasteiger partial charge in [-0.2, -0.15) is 13.2 Å². The number of rotatable bonds is 5. The Kier molecular flexibility index (Phi) is 6.13. The van der Waals surface area contributed by atoms with E-state index in [4.69, 9.17) is 21.1 Å². The monoisotopic (exact) mass is 390 g/mol. The van der Waals surface area contributed by atoms with E-state index in [1.807, 2.05) is 0 Å². The number of halogens is 5. The molecule has 0 radical (unpaired) electrons. The fourth-order valence-corrected chi connectivity index (χ4v) is 2.34. The number of carbonyl (C=O) groups is 1. The molecule has 0 atom stereocenters. The fraction of sp³-hybridized carbons (Fsp3) is 0.278. The first-order valence-electron chi connectivity index (χ1n) is 7.61. The van der Waals surface area contributed by atoms with Crippen LogP contribution in [0, 0.1) is 12.7 Å². The molecular formula is C18H15ClF4O3. The lowest BCUT2D eigenvalue weighted by Gasteiger charge is -2.17. The minimum Gasteiger partial charge on any atom is -0.488 e. The number of carbonyl (C=O) groups excluding carboxylic acids is 1. The van der Waals surface area contributed by atoms with Crippen molar-refractivity contribution in [3.05, 3.63) is 57.9 Å². The maximum absolute atomic E-state index is 13.5. The van der Waals surface area contributed by atoms with Gasteiger partial charge in [-0.3, -0.25) is 4.79 Å². The average Bonchev–Trinajstić information content (AvgIpc) is 2.56. The predicted molar refractivity (Wildman–Crippen MR) is 87.8 cm³/mol. The molecule has 0 aliphatic heterocycles. The van der Waals surface area contributed by atoms with E-state index in [0.717, 1.165) is 6.07 Å². The first-order valence-corrected chi connectivity index (χ1v) is 7.99. The van der Waals surface area contributed by atoms with Crippen molar-refractivity contribution in [2.75, 3.05) is 0 Å². The number of ether oxygens (including phenoxy) is 2. The molecule has 26 heavy (non-hydrogen) atoms. The quantitative estimate of drug-likeness (QED) is 0.373. The van der Waals surface area contributed by atoms with Crippen LogP contribution in [-0.2, 0) is 17.6 Å². The second-order valence-electron chi connectivity index (χ2n) is 5.43. The second kappa shape index (κ2) is 7.95. The number of esters is 1. The van der Waals surface area contributed by atoms with E-state index >= 15 is 0 Å². The van der Waals surface area contributed by atoms with Gasteiger partial charge in [0.05, 0.1) is 10.6 Å². The Morgan fingerprint density at radius 2 is 1.88 bits per heavy atom. The van der Waals surface area contributed by atoms with E-state index in [0.29, 0.717) is 6.07 Å². The molecule has 0 aliphatic rings. The minimum atomic E-state index is -4.79. The number of alkyl halides is 3. The Balaban J connectivity index is 2.35. The van der Waals surface area contributed by atoms with E-state index in [1.54, 1.807) is 6.92 Å². The van der Waals surface area contributed by atoms with Crippen LogP contribution in [0.5, 0.6) is 11.5 Å². The Labute approximate surface area is 152 Å². The van der Waals surface area contributed by atoms with E-state index in [9.17, 15) is 22.4 Å². The van der Waals surface area contributed by atoms with Crippen molar-refractivity contribution in [2.24, 2.45) is 0 Å². The van der Waals surface area contributed by atoms with Gasteiger partial charge in [0.25, 0.3) is 0 Å². The van der Waals surface area contributed by atoms with Crippen molar-refractivity contribution in [3.63, 3.8) is 0 Å². The molecular weight excluding hydrogens is 376 g/mol. The number of benzene rings is 2. The number of aryl methyl sites for hydroxylation is 1. The van der Waals surface area contributed by atoms with Gasteiger partial charge >= 0.3 is 12.1 Å². The molecule has 0 amide bonds. The van der Waals surface area contributed by atoms with Crippen molar-refractivity contribution >= 4 is 17.6 Å². The van der Waals surface area contributed by atoms with Crippen LogP contribution < -0.4 is 9.47 Å². The summed E-state index contributed by atoms with van der Waals surface area (Å²) in [4.78, 5) is 11.5. The van der Waals surface area contributed by atoms with E-state index in [-0.39, 0.29) is 34.9 Å². The second-order valence-corrected chi connectivity index (χ2v) is 5.84. The molecule has 0 spiro atoms. The molecule has 140 valence electrons. The molecule has 0 unspecified atom stereocenters. The summed E-state index contributed by atoms with van der Waals surface area (Å²) in [6, 6.07) is 5.83. The lowest BCUT2D eigenvalue weighted by Crippen LogP contribution is -2.12. The lowest BCUT2D eigenvalue weighted by molar-refractivity contribution is -0.139. The Hall–Kier alpha value is -2.28. The molecule has 2 rings (SSSR count). The first kappa shape index (κ1) is 20.0. The molecule has 0 heterocycles. The summed E-state index contributed by atoms with van der Waals surface area (Å²) in [7, 11) is 0. The van der Waals surface area contributed by atoms with Gasteiger partial charge in [0.15, 0.2) is 0 Å². The maximum Gasteiger partial charge on any atom is 0.420 e. The summed E-state index contributed by atoms with van der Waals surface area (Å²) in [5.41, 5.74) is -1.02. The Morgan fingerprint density at radius 1 is 1.19 bits per heavy atom. The molecule has 0 bridgehead atoms. The van der Waals surface area contributed by atoms with Gasteiger partial charge in [-0.25, -0.2) is 4.39 Å². The van der Waals surface area contributed by atoms with Crippen molar-refractivity contribution in [1.82, 2.24) is 0 Å². The minimum absolute atomic E-state index is 0.00444. The third-order valence-corrected chi connectivity index (χ3v) is 3.88. The summed E-state index contributed by atoms with van der Waals surface area (Å²) >= 11 is 6.05. The number of hydrogen-bond donors (Lipinski definition) is 0. The first-order chi connectivity index (χ1) is 12.1. The van der Waals surface area contributed by atoms with Gasteiger partial charge < -0.3 is 9.47 Å². The van der Waals surface area contributed by atoms with Crippen LogP contribution in [0.25, 0.3) is 0 Å². The van der Waals surface area contributed by atoms with Crippen molar-refractivity contribution in [2.45, 2.75) is 33.1 Å². The summed E-state index contributed by atoms with van der Waals surface area (Å²) in [6.45, 7) is 2.53. The highest BCUT2D eigenvalue weighted by molar-refractivity contribution is 6.31. The molecule has 3 nitrogen and oxygen atoms in total. The van der Waals surface area contributed by atoms with Gasteiger partial charge in [0, 0.05) is 6.42 Å². The highest BCUT2D eigenvalue weighted by Gasteiger charge is 2.35. The topological polar surface area (TPSA) is 35.5 Å². The highest BCUT2D eigenvalue weighted by Crippen LogP contribution is 2.38. The van der Waals surface area contributed by atoms with Crippen molar-refractivity contribution in [3.8, 4) is 11.5 Å². The summed E-state index contributed by atoms with van der Waals surface area (Å²) in [5.74, 6) is -1.96. The van der Waals surface area contributed by atoms with Crippen LogP contribution >= 0.6 is 11.6 Å². The zero-order valence-electron chi connectivity index (χ0n) is 13.9. The van der Waals surface area contributed by atoms with Crippen LogP contribution in [0.15, 0.2) is 30.3 Å². The van der Waals surface area contributed by atoms with Gasteiger partial charge in [0.2, 0.25) is 0 Å². The third-order valence-electron chi connectivity index (χ3n) is 3.53. The van der Waals surface area contributed by atoms with Crippen molar-refractivity contribution < 1.29 is 31.8 Å². The van der Waals surface area contributed by atoms with Crippen LogP contribution in [-0.4, -0.2) is 5.97 Å². The van der Waals surface area contributed by atoms with E-state index in [1.165, 1.54) is 25.1 Å². The molecule has 2 aromatic rings. The molecule has 0 fully saturated rings. The maximum atomic E-state index is 13.5. The van der Waals surface area contributed by atoms with Crippen LogP contribution in [0.4, 0.5) is 17.6 Å². The highest BCUT2D eigenvalue weighted by atomic mass is 35.5. The molecule has 0 saturated heterocycles. The average molecular weight is 391 g/mol. The SMILES string of the molecule is CCC(=O)Oc1cccc(Cl)c1COc1cc(C)c(F)cc1C(F)(F)F. The zero-order chi connectivity index (χ0) is 19.5. The molecule has 0 saturated carbocycles. The molecule has 0 aromatic heterocycles. The molecule has 2 aromatic carbocycles. The smallest absolute Gasteiger partial charge is 0.420 e. The van der Waals surface area contributed by atoms with E-state index in [2.05, 4.69) is 0 Å². The standard InChI is InChI=1S/C18H15ClF4O3/c1-3-17(24)26-15-6-4-5-13(19)11(15)9-25-16-7-10(2)14(20)8-12(16)18(21,22)23/h4-8H,3,9H2,1-2H3.